The summed E-state index contributed by atoms with van der Waals surface area (Å²) >= 11 is 1.47. The Bertz CT molecular complexity index is 827. The van der Waals surface area contributed by atoms with E-state index in [2.05, 4.69) is 55.3 Å². The van der Waals surface area contributed by atoms with E-state index in [-0.39, 0.29) is 13.1 Å². The molecule has 0 saturated heterocycles. The standard InChI is InChI=1S/C15H13N2O3.C10H20.CH3.ClH.Ir/c1-11(12-3-7-14(8-4-12)17(18)19)16-13-5-9-15(20-2)10-6-13;1-6-7(2)9(4)10(5)8(6)3;;;/h3,5-10H,1-2H3;6-10H,1-5H3;1H3;1H;/q-1;;-1;;+3/p-1. The van der Waals surface area contributed by atoms with Crippen LogP contribution in [0.4, 0.5) is 11.4 Å². The molecule has 0 radical (unpaired) electrons. The average Bonchev–Trinajstić information content (AvgIpc) is 2.99. The number of nitrogens with zero attached hydrogens (tertiary/aromatic N) is 2. The summed E-state index contributed by atoms with van der Waals surface area (Å²) in [5.74, 6) is 5.44. The van der Waals surface area contributed by atoms with Crippen LogP contribution < -0.4 is 4.74 Å². The summed E-state index contributed by atoms with van der Waals surface area (Å²) in [6, 6.07) is 14.6. The summed E-state index contributed by atoms with van der Waals surface area (Å²) in [6.45, 7) is 13.8. The Kier molecular flexibility index (Phi) is 14.4. The second kappa shape index (κ2) is 15.2. The molecule has 1 saturated carbocycles. The van der Waals surface area contributed by atoms with E-state index in [9.17, 15) is 10.1 Å². The van der Waals surface area contributed by atoms with Crippen molar-refractivity contribution in [2.45, 2.75) is 41.5 Å². The Hall–Kier alpha value is -1.75. The van der Waals surface area contributed by atoms with Crippen molar-refractivity contribution in [3.63, 3.8) is 0 Å². The molecular weight excluding hydrogens is 616 g/mol. The molecule has 0 amide bonds. The number of aliphatic imine (C=N–C) groups is 1. The van der Waals surface area contributed by atoms with Crippen LogP contribution in [0.15, 0.2) is 47.5 Å². The van der Waals surface area contributed by atoms with Crippen LogP contribution in [-0.4, -0.2) is 17.7 Å². The summed E-state index contributed by atoms with van der Waals surface area (Å²) in [4.78, 5) is 14.6. The molecule has 1 aliphatic carbocycles. The Labute approximate surface area is 214 Å². The molecule has 0 spiro atoms. The molecule has 1 aliphatic rings. The molecule has 2 aromatic carbocycles. The zero-order valence-corrected chi connectivity index (χ0v) is 23.9. The van der Waals surface area contributed by atoms with Gasteiger partial charge in [0.2, 0.25) is 0 Å². The van der Waals surface area contributed by atoms with Gasteiger partial charge in [-0.2, -0.15) is 0 Å². The predicted octanol–water partition coefficient (Wildman–Crippen LogP) is 7.86. The Morgan fingerprint density at radius 2 is 1.42 bits per heavy atom. The molecular formula is C26H36ClIrN2O3. The van der Waals surface area contributed by atoms with Crippen LogP contribution in [0.5, 0.6) is 5.75 Å². The van der Waals surface area contributed by atoms with Crippen molar-refractivity contribution in [1.29, 1.82) is 0 Å². The van der Waals surface area contributed by atoms with Crippen LogP contribution in [0.1, 0.15) is 47.1 Å². The first-order valence-electron chi connectivity index (χ1n) is 10.6. The molecule has 0 unspecified atom stereocenters. The van der Waals surface area contributed by atoms with E-state index < -0.39 is 4.92 Å². The third-order valence-electron chi connectivity index (χ3n) is 6.91. The summed E-state index contributed by atoms with van der Waals surface area (Å²) < 4.78 is 5.08. The van der Waals surface area contributed by atoms with Crippen LogP contribution in [-0.2, 0) is 17.9 Å². The van der Waals surface area contributed by atoms with E-state index in [0.717, 1.165) is 52.3 Å². The van der Waals surface area contributed by atoms with E-state index in [4.69, 9.17) is 4.74 Å². The predicted molar refractivity (Wildman–Crippen MR) is 135 cm³/mol. The van der Waals surface area contributed by atoms with Gasteiger partial charge >= 0.3 is 27.5 Å². The third-order valence-corrected chi connectivity index (χ3v) is 6.91. The van der Waals surface area contributed by atoms with Gasteiger partial charge in [-0.1, -0.05) is 53.7 Å². The van der Waals surface area contributed by atoms with Gasteiger partial charge in [-0.05, 0) is 59.6 Å². The zero-order valence-electron chi connectivity index (χ0n) is 20.8. The fourth-order valence-corrected chi connectivity index (χ4v) is 4.06. The van der Waals surface area contributed by atoms with Crippen LogP contribution in [0.3, 0.4) is 0 Å². The number of benzene rings is 2. The van der Waals surface area contributed by atoms with Gasteiger partial charge in [0.05, 0.1) is 12.8 Å². The van der Waals surface area contributed by atoms with Crippen molar-refractivity contribution < 1.29 is 27.5 Å². The van der Waals surface area contributed by atoms with E-state index in [1.807, 2.05) is 31.2 Å². The molecule has 5 nitrogen and oxygen atoms in total. The van der Waals surface area contributed by atoms with Crippen molar-refractivity contribution in [1.82, 2.24) is 0 Å². The molecule has 2 aromatic rings. The molecule has 1 fully saturated rings. The number of nitro benzene ring substituents is 1. The van der Waals surface area contributed by atoms with Crippen LogP contribution >= 0.6 is 9.58 Å². The molecule has 0 aromatic heterocycles. The number of ether oxygens (including phenoxy) is 1. The Balaban J connectivity index is 0.000000666. The first-order valence-corrected chi connectivity index (χ1v) is 13.6. The van der Waals surface area contributed by atoms with Crippen LogP contribution in [0, 0.1) is 53.2 Å². The monoisotopic (exact) mass is 652 g/mol. The van der Waals surface area contributed by atoms with Gasteiger partial charge in [-0.25, -0.2) is 0 Å². The average molecular weight is 652 g/mol. The number of methoxy groups -OCH3 is 1. The van der Waals surface area contributed by atoms with E-state index in [1.165, 1.54) is 30.0 Å². The minimum absolute atomic E-state index is 0. The molecule has 0 bridgehead atoms. The SMILES string of the molecule is CC1C(C)C(C)C(C)C1C.COc1ccc(N=C(C)c2[c-]cc([N+](=O)[O-])cc2)cc1.[CH3-].[Cl][Ir+2]. The molecule has 3 rings (SSSR count). The molecule has 7 heteroatoms. The first kappa shape index (κ1) is 31.2. The van der Waals surface area contributed by atoms with Crippen LogP contribution in [0.2, 0.25) is 0 Å². The van der Waals surface area contributed by atoms with Gasteiger partial charge in [0, 0.05) is 4.92 Å². The summed E-state index contributed by atoms with van der Waals surface area (Å²) in [5, 5.41) is 10.6. The number of non-ortho nitro benzene ring substituents is 1. The van der Waals surface area contributed by atoms with E-state index in [0.29, 0.717) is 0 Å². The number of hydrogen-bond acceptors (Lipinski definition) is 4. The zero-order chi connectivity index (χ0) is 24.4. The number of rotatable bonds is 4. The topological polar surface area (TPSA) is 64.7 Å². The minimum atomic E-state index is -0.448. The van der Waals surface area contributed by atoms with Gasteiger partial charge in [0.1, 0.15) is 5.75 Å². The van der Waals surface area contributed by atoms with E-state index >= 15 is 0 Å². The van der Waals surface area contributed by atoms with Gasteiger partial charge in [0.25, 0.3) is 0 Å². The second-order valence-corrected chi connectivity index (χ2v) is 8.41. The summed E-state index contributed by atoms with van der Waals surface area (Å²) in [7, 11) is 6.25. The fraction of sp³-hybridized carbons (Fsp3) is 0.462. The number of nitro groups is 1. The van der Waals surface area contributed by atoms with Crippen molar-refractivity contribution >= 4 is 26.7 Å². The van der Waals surface area contributed by atoms with Crippen molar-refractivity contribution in [2.75, 3.05) is 7.11 Å². The summed E-state index contributed by atoms with van der Waals surface area (Å²) in [6.07, 6.45) is 0. The van der Waals surface area contributed by atoms with Crippen molar-refractivity contribution in [2.24, 2.45) is 34.6 Å². The molecule has 0 N–H and O–H groups in total. The van der Waals surface area contributed by atoms with Gasteiger partial charge in [-0.3, -0.25) is 10.1 Å². The van der Waals surface area contributed by atoms with Gasteiger partial charge in [0.15, 0.2) is 5.69 Å². The summed E-state index contributed by atoms with van der Waals surface area (Å²) in [5.41, 5.74) is 2.28. The van der Waals surface area contributed by atoms with Crippen molar-refractivity contribution in [3.05, 3.63) is 71.6 Å². The van der Waals surface area contributed by atoms with Gasteiger partial charge < -0.3 is 17.2 Å². The Morgan fingerprint density at radius 1 is 0.970 bits per heavy atom. The molecule has 33 heavy (non-hydrogen) atoms. The quantitative estimate of drug-likeness (QED) is 0.146. The number of halogens is 1. The maximum atomic E-state index is 10.6. The molecule has 0 heterocycles. The molecule has 184 valence electrons. The van der Waals surface area contributed by atoms with Crippen molar-refractivity contribution in [3.8, 4) is 5.75 Å². The second-order valence-electron chi connectivity index (χ2n) is 8.41. The maximum absolute atomic E-state index is 10.6. The van der Waals surface area contributed by atoms with Crippen LogP contribution in [0.25, 0.3) is 0 Å². The van der Waals surface area contributed by atoms with E-state index in [1.54, 1.807) is 13.2 Å². The molecule has 0 atom stereocenters. The number of hydrogen-bond donors (Lipinski definition) is 0. The fourth-order valence-electron chi connectivity index (χ4n) is 4.06. The molecule has 0 aliphatic heterocycles. The first-order chi connectivity index (χ1) is 15.1. The normalized spacial score (nSPS) is 23.8. The van der Waals surface area contributed by atoms with Gasteiger partial charge in [-0.15, -0.1) is 17.7 Å². The Morgan fingerprint density at radius 3 is 1.76 bits per heavy atom. The third kappa shape index (κ3) is 8.84.